The molecular formula is C42H48Br2Cl2N4. The van der Waals surface area contributed by atoms with E-state index in [1.54, 1.807) is 0 Å². The Balaban J connectivity index is 0.000000187. The van der Waals surface area contributed by atoms with E-state index in [-0.39, 0.29) is 24.8 Å². The first kappa shape index (κ1) is 38.6. The Morgan fingerprint density at radius 2 is 1.18 bits per heavy atom. The van der Waals surface area contributed by atoms with Gasteiger partial charge in [-0.1, -0.05) is 105 Å². The zero-order chi connectivity index (χ0) is 32.9. The molecule has 0 saturated carbocycles. The molecule has 50 heavy (non-hydrogen) atoms. The molecule has 8 heteroatoms. The van der Waals surface area contributed by atoms with Gasteiger partial charge in [-0.3, -0.25) is 0 Å². The fraction of sp³-hybridized carbons (Fsp3) is 0.333. The second kappa shape index (κ2) is 18.3. The summed E-state index contributed by atoms with van der Waals surface area (Å²) in [7, 11) is 0. The molecule has 0 fully saturated rings. The van der Waals surface area contributed by atoms with Crippen LogP contribution in [0.1, 0.15) is 97.2 Å². The number of halogens is 4. The first-order chi connectivity index (χ1) is 23.5. The van der Waals surface area contributed by atoms with Gasteiger partial charge in [0.25, 0.3) is 0 Å². The highest BCUT2D eigenvalue weighted by atomic mass is 79.9. The van der Waals surface area contributed by atoms with Gasteiger partial charge in [0.15, 0.2) is 0 Å². The highest BCUT2D eigenvalue weighted by Gasteiger charge is 2.25. The third kappa shape index (κ3) is 9.07. The van der Waals surface area contributed by atoms with Gasteiger partial charge in [-0.25, -0.2) is 0 Å². The Morgan fingerprint density at radius 3 is 1.76 bits per heavy atom. The van der Waals surface area contributed by atoms with Gasteiger partial charge < -0.3 is 20.6 Å². The number of benzene rings is 4. The van der Waals surface area contributed by atoms with E-state index in [4.69, 9.17) is 0 Å². The molecule has 4 nitrogen and oxygen atoms in total. The van der Waals surface area contributed by atoms with Crippen LogP contribution < -0.4 is 10.6 Å². The Kier molecular flexibility index (Phi) is 14.1. The first-order valence-corrected chi connectivity index (χ1v) is 19.3. The summed E-state index contributed by atoms with van der Waals surface area (Å²) in [5, 5.41) is 10.4. The molecule has 0 spiro atoms. The molecule has 0 aliphatic heterocycles. The molecule has 2 aromatic heterocycles. The molecule has 4 N–H and O–H groups in total. The number of hydrogen-bond donors (Lipinski definition) is 4. The van der Waals surface area contributed by atoms with Crippen molar-refractivity contribution in [1.82, 2.24) is 20.6 Å². The molecule has 2 aliphatic carbocycles. The van der Waals surface area contributed by atoms with E-state index in [1.807, 2.05) is 0 Å². The third-order valence-corrected chi connectivity index (χ3v) is 11.2. The number of nitrogens with one attached hydrogen (secondary N) is 4. The van der Waals surface area contributed by atoms with E-state index < -0.39 is 0 Å². The largest absolute Gasteiger partial charge is 0.357 e. The summed E-state index contributed by atoms with van der Waals surface area (Å²) < 4.78 is 2.32. The fourth-order valence-electron chi connectivity index (χ4n) is 7.75. The highest BCUT2D eigenvalue weighted by molar-refractivity contribution is 9.10. The lowest BCUT2D eigenvalue weighted by Gasteiger charge is -2.23. The van der Waals surface area contributed by atoms with Crippen molar-refractivity contribution in [2.75, 3.05) is 6.54 Å². The summed E-state index contributed by atoms with van der Waals surface area (Å²) in [6, 6.07) is 35.8. The van der Waals surface area contributed by atoms with Crippen LogP contribution in [0, 0.1) is 0 Å². The molecule has 2 heterocycles. The van der Waals surface area contributed by atoms with Gasteiger partial charge >= 0.3 is 0 Å². The smallest absolute Gasteiger partial charge is 0.0480 e. The van der Waals surface area contributed by atoms with Crippen LogP contribution in [0.3, 0.4) is 0 Å². The molecule has 2 aliphatic rings. The molecule has 0 radical (unpaired) electrons. The Bertz CT molecular complexity index is 1960. The number of aromatic amines is 2. The van der Waals surface area contributed by atoms with Crippen LogP contribution in [0.25, 0.3) is 21.8 Å². The van der Waals surface area contributed by atoms with Gasteiger partial charge in [0.05, 0.1) is 0 Å². The van der Waals surface area contributed by atoms with Crippen LogP contribution in [0.4, 0.5) is 0 Å². The van der Waals surface area contributed by atoms with Crippen molar-refractivity contribution in [3.8, 4) is 0 Å². The van der Waals surface area contributed by atoms with Crippen LogP contribution in [0.15, 0.2) is 106 Å². The Labute approximate surface area is 326 Å². The lowest BCUT2D eigenvalue weighted by molar-refractivity contribution is 0.431. The Morgan fingerprint density at radius 1 is 0.660 bits per heavy atom. The standard InChI is InChI=1S/2C21H23BrN2.2ClH/c1-14(15-7-3-2-4-8-15)23-20-10-6-5-9-17-18-13-16(22)11-12-19(18)24-21(17)20;22-16-10-11-19-18(14-16)17-8-4-5-9-20(21(17)24-19)23-13-12-15-6-2-1-3-7-15;;/h2-4,7-8,11-14,20,23-24H,5-6,9-10H2,1H3;1-3,6-7,10-11,14,20,23-24H,4-5,8-9,12-13H2;2*1H/t14-,20?;;;/m1.../s1. The zero-order valence-electron chi connectivity index (χ0n) is 28.6. The average Bonchev–Trinajstić information content (AvgIpc) is 3.49. The average molecular weight is 840 g/mol. The number of aromatic nitrogens is 2. The summed E-state index contributed by atoms with van der Waals surface area (Å²) in [6.07, 6.45) is 11.0. The normalized spacial score (nSPS) is 17.6. The lowest BCUT2D eigenvalue weighted by Crippen LogP contribution is -2.25. The van der Waals surface area contributed by atoms with Crippen molar-refractivity contribution in [2.24, 2.45) is 0 Å². The predicted octanol–water partition coefficient (Wildman–Crippen LogP) is 12.4. The summed E-state index contributed by atoms with van der Waals surface area (Å²) in [4.78, 5) is 7.41. The lowest BCUT2D eigenvalue weighted by atomic mass is 10.0. The quantitative estimate of drug-likeness (QED) is 0.121. The van der Waals surface area contributed by atoms with Gasteiger partial charge in [-0.2, -0.15) is 0 Å². The van der Waals surface area contributed by atoms with E-state index in [1.165, 1.54) is 107 Å². The van der Waals surface area contributed by atoms with Gasteiger partial charge in [-0.15, -0.1) is 24.8 Å². The van der Waals surface area contributed by atoms with Crippen molar-refractivity contribution in [1.29, 1.82) is 0 Å². The number of H-pyrrole nitrogens is 2. The van der Waals surface area contributed by atoms with E-state index in [0.717, 1.165) is 21.9 Å². The van der Waals surface area contributed by atoms with Crippen LogP contribution >= 0.6 is 56.7 Å². The Hall–Kier alpha value is -2.58. The van der Waals surface area contributed by atoms with Crippen molar-refractivity contribution in [3.63, 3.8) is 0 Å². The van der Waals surface area contributed by atoms with Crippen molar-refractivity contribution in [2.45, 2.75) is 82.8 Å². The van der Waals surface area contributed by atoms with Gasteiger partial charge in [0.2, 0.25) is 0 Å². The maximum atomic E-state index is 3.86. The topological polar surface area (TPSA) is 55.6 Å². The minimum absolute atomic E-state index is 0. The van der Waals surface area contributed by atoms with Crippen LogP contribution in [0.2, 0.25) is 0 Å². The minimum Gasteiger partial charge on any atom is -0.357 e. The maximum Gasteiger partial charge on any atom is 0.0480 e. The SMILES string of the molecule is Brc1ccc2[nH]c3c(c2c1)CCCCC3NCCc1ccccc1.C[C@@H](NC1CCCCc2c1[nH]c1ccc(Br)cc21)c1ccccc1.Cl.Cl. The number of rotatable bonds is 7. The van der Waals surface area contributed by atoms with Crippen LogP contribution in [-0.4, -0.2) is 16.5 Å². The fourth-order valence-corrected chi connectivity index (χ4v) is 8.47. The van der Waals surface area contributed by atoms with Crippen molar-refractivity contribution >= 4 is 78.5 Å². The van der Waals surface area contributed by atoms with Gasteiger partial charge in [0, 0.05) is 60.3 Å². The van der Waals surface area contributed by atoms with E-state index in [0.29, 0.717) is 18.1 Å². The molecule has 0 bridgehead atoms. The van der Waals surface area contributed by atoms with Crippen molar-refractivity contribution < 1.29 is 0 Å². The predicted molar refractivity (Wildman–Crippen MR) is 223 cm³/mol. The third-order valence-electron chi connectivity index (χ3n) is 10.2. The zero-order valence-corrected chi connectivity index (χ0v) is 33.4. The molecular weight excluding hydrogens is 791 g/mol. The summed E-state index contributed by atoms with van der Waals surface area (Å²) in [5.41, 5.74) is 11.1. The molecule has 3 atom stereocenters. The summed E-state index contributed by atoms with van der Waals surface area (Å²) >= 11 is 7.24. The molecule has 8 rings (SSSR count). The van der Waals surface area contributed by atoms with Crippen molar-refractivity contribution in [3.05, 3.63) is 140 Å². The van der Waals surface area contributed by atoms with Crippen LogP contribution in [0.5, 0.6) is 0 Å². The molecule has 2 unspecified atom stereocenters. The molecule has 6 aromatic rings. The van der Waals surface area contributed by atoms with Gasteiger partial charge in [-0.05, 0) is 117 Å². The van der Waals surface area contributed by atoms with E-state index in [2.05, 4.69) is 156 Å². The molecule has 0 amide bonds. The molecule has 0 saturated heterocycles. The monoisotopic (exact) mass is 836 g/mol. The number of fused-ring (bicyclic) bond motifs is 6. The summed E-state index contributed by atoms with van der Waals surface area (Å²) in [5.74, 6) is 0. The number of aryl methyl sites for hydroxylation is 2. The summed E-state index contributed by atoms with van der Waals surface area (Å²) in [6.45, 7) is 3.28. The van der Waals surface area contributed by atoms with E-state index in [9.17, 15) is 0 Å². The van der Waals surface area contributed by atoms with Crippen LogP contribution in [-0.2, 0) is 19.3 Å². The van der Waals surface area contributed by atoms with E-state index >= 15 is 0 Å². The second-order valence-electron chi connectivity index (χ2n) is 13.5. The van der Waals surface area contributed by atoms with Gasteiger partial charge in [0.1, 0.15) is 0 Å². The highest BCUT2D eigenvalue weighted by Crippen LogP contribution is 2.37. The minimum atomic E-state index is 0. The molecule has 264 valence electrons. The molecule has 4 aromatic carbocycles. The maximum absolute atomic E-state index is 3.86. The second-order valence-corrected chi connectivity index (χ2v) is 15.3. The number of hydrogen-bond acceptors (Lipinski definition) is 2. The first-order valence-electron chi connectivity index (χ1n) is 17.7.